The normalized spacial score (nSPS) is 17.1. The molecule has 20 nitrogen and oxygen atoms in total. The van der Waals surface area contributed by atoms with Crippen molar-refractivity contribution < 1.29 is 86.3 Å². The van der Waals surface area contributed by atoms with Gasteiger partial charge in [0.2, 0.25) is 23.8 Å². The van der Waals surface area contributed by atoms with E-state index in [0.717, 1.165) is 180 Å². The number of hydrogen-bond acceptors (Lipinski definition) is 16. The van der Waals surface area contributed by atoms with Gasteiger partial charge in [-0.2, -0.15) is 0 Å². The first kappa shape index (κ1) is 110. The van der Waals surface area contributed by atoms with Crippen molar-refractivity contribution in [3.63, 3.8) is 0 Å². The van der Waals surface area contributed by atoms with Crippen LogP contribution in [0.15, 0.2) is 0 Å². The second kappa shape index (κ2) is 78.1. The summed E-state index contributed by atoms with van der Waals surface area (Å²) in [5.74, 6) is -3.49. The minimum Gasteiger partial charge on any atom is -0.462 e. The van der Waals surface area contributed by atoms with Gasteiger partial charge in [0.25, 0.3) is 0 Å². The summed E-state index contributed by atoms with van der Waals surface area (Å²) in [6.45, 7) is 12.3. The van der Waals surface area contributed by atoms with E-state index in [2.05, 4.69) is 52.2 Å². The van der Waals surface area contributed by atoms with Gasteiger partial charge in [-0.3, -0.25) is 33.3 Å². The Morgan fingerprint density at radius 2 is 0.643 bits per heavy atom. The molecule has 1 fully saturated rings. The molecule has 0 aliphatic carbocycles. The fourth-order valence-corrected chi connectivity index (χ4v) is 16.3. The molecule has 0 unspecified atom stereocenters. The van der Waals surface area contributed by atoms with E-state index in [-0.39, 0.29) is 50.7 Å². The SMILES string of the molecule is CCCCCCCCCCCCCC(=O)O[C@H](CCCCCCCCCCC)CC(=O)NCCCCO[C@@H]1O[C@H](CO)[C@@H](OP(=O)(O)O)[C@H](OC(=O)C[C@@H](CCCCCCCCCCC)OC(=O)CCCCCCCCCCCCC)[C@]1(O)NC(=O)C[C@@H](CCCCCCCCCCC)OC(=O)CCCCCCCCCCCCC. The molecule has 2 amide bonds. The number of carbonyl (C=O) groups excluding carboxylic acids is 6. The Labute approximate surface area is 702 Å². The lowest BCUT2D eigenvalue weighted by Gasteiger charge is -2.50. The van der Waals surface area contributed by atoms with Gasteiger partial charge in [0.1, 0.15) is 30.5 Å². The predicted octanol–water partition coefficient (Wildman–Crippen LogP) is 24.6. The molecule has 115 heavy (non-hydrogen) atoms. The van der Waals surface area contributed by atoms with Gasteiger partial charge in [0.15, 0.2) is 6.10 Å². The van der Waals surface area contributed by atoms with Crippen LogP contribution in [0.3, 0.4) is 0 Å². The van der Waals surface area contributed by atoms with E-state index in [9.17, 15) is 53.3 Å². The van der Waals surface area contributed by atoms with Gasteiger partial charge in [-0.05, 0) is 70.6 Å². The van der Waals surface area contributed by atoms with Gasteiger partial charge in [-0.1, -0.05) is 388 Å². The molecule has 21 heteroatoms. The molecule has 1 aliphatic rings. The number of ether oxygens (including phenoxy) is 6. The van der Waals surface area contributed by atoms with Gasteiger partial charge < -0.3 is 59.1 Å². The molecular formula is C94H179N2O18P. The Morgan fingerprint density at radius 3 is 0.939 bits per heavy atom. The summed E-state index contributed by atoms with van der Waals surface area (Å²) in [4.78, 5) is 105. The average molecular weight is 1660 g/mol. The Morgan fingerprint density at radius 1 is 0.365 bits per heavy atom. The lowest BCUT2D eigenvalue weighted by atomic mass is 9.92. The van der Waals surface area contributed by atoms with Crippen molar-refractivity contribution in [1.29, 1.82) is 0 Å². The molecule has 1 saturated heterocycles. The summed E-state index contributed by atoms with van der Waals surface area (Å²) >= 11 is 0. The number of aliphatic hydroxyl groups excluding tert-OH is 1. The van der Waals surface area contributed by atoms with Gasteiger partial charge >= 0.3 is 31.7 Å². The van der Waals surface area contributed by atoms with Gasteiger partial charge in [0.05, 0.1) is 32.5 Å². The monoisotopic (exact) mass is 1660 g/mol. The van der Waals surface area contributed by atoms with E-state index in [4.69, 9.17) is 32.9 Å². The van der Waals surface area contributed by atoms with Crippen LogP contribution in [0.1, 0.15) is 497 Å². The van der Waals surface area contributed by atoms with Crippen molar-refractivity contribution in [2.24, 2.45) is 0 Å². The maximum Gasteiger partial charge on any atom is 0.470 e. The minimum absolute atomic E-state index is 0.00118. The maximum absolute atomic E-state index is 14.9. The van der Waals surface area contributed by atoms with Gasteiger partial charge in [-0.25, -0.2) is 4.57 Å². The van der Waals surface area contributed by atoms with Crippen LogP contribution in [0.5, 0.6) is 0 Å². The van der Waals surface area contributed by atoms with Crippen molar-refractivity contribution in [2.75, 3.05) is 19.8 Å². The van der Waals surface area contributed by atoms with Gasteiger partial charge in [0, 0.05) is 25.8 Å². The number of nitrogens with one attached hydrogen (secondary N) is 2. The highest BCUT2D eigenvalue weighted by Gasteiger charge is 2.61. The highest BCUT2D eigenvalue weighted by atomic mass is 31.2. The summed E-state index contributed by atoms with van der Waals surface area (Å²) in [7, 11) is -5.59. The molecule has 0 radical (unpaired) electrons. The van der Waals surface area contributed by atoms with Crippen LogP contribution in [0.4, 0.5) is 0 Å². The fraction of sp³-hybridized carbons (Fsp3) is 0.936. The lowest BCUT2D eigenvalue weighted by molar-refractivity contribution is -0.347. The van der Waals surface area contributed by atoms with Crippen LogP contribution in [-0.4, -0.2) is 124 Å². The van der Waals surface area contributed by atoms with Crippen LogP contribution in [0, 0.1) is 0 Å². The van der Waals surface area contributed by atoms with E-state index < -0.39 is 99.7 Å². The molecule has 0 bridgehead atoms. The third-order valence-electron chi connectivity index (χ3n) is 22.9. The molecule has 678 valence electrons. The van der Waals surface area contributed by atoms with Crippen molar-refractivity contribution in [3.8, 4) is 0 Å². The third-order valence-corrected chi connectivity index (χ3v) is 23.4. The molecular weight excluding hydrogens is 1480 g/mol. The summed E-state index contributed by atoms with van der Waals surface area (Å²) in [5.41, 5.74) is -3.01. The standard InChI is InChI=1S/C94H179N2O18P/c1-7-13-19-25-31-37-40-46-52-58-64-72-87(100)109-81(69-61-55-49-43-34-28-22-16-10-4)77-85(98)95-75-67-68-76-108-93-94(104,96-86(99)78-82(70-62-56-50-44-35-29-23-17-11-5)110-88(101)73-65-59-53-47-41-38-32-26-20-14-8-2)92(91(84(80-97)112-93)114-115(105,106)107)113-90(103)79-83(71-63-57-51-45-36-30-24-18-12-6)111-89(102)74-66-60-54-48-42-39-33-27-21-15-9-3/h81-84,91-93,97,104H,7-80H2,1-6H3,(H,95,98)(H,96,99)(H2,105,106,107)/t81-,82-,83-,84-,91-,92+,93-,94-/m1/s1. The first-order valence-corrected chi connectivity index (χ1v) is 50.1. The Bertz CT molecular complexity index is 2330. The number of rotatable bonds is 86. The average Bonchev–Trinajstić information content (AvgIpc) is 0.749. The predicted molar refractivity (Wildman–Crippen MR) is 466 cm³/mol. The molecule has 0 aromatic carbocycles. The Kier molecular flexibility index (Phi) is 74.5. The van der Waals surface area contributed by atoms with Crippen molar-refractivity contribution >= 4 is 43.5 Å². The number of phosphoric ester groups is 1. The topological polar surface area (TPSA) is 289 Å². The van der Waals surface area contributed by atoms with E-state index in [1.54, 1.807) is 0 Å². The summed E-state index contributed by atoms with van der Waals surface area (Å²) < 4.78 is 55.2. The molecule has 1 aliphatic heterocycles. The number of hydrogen-bond donors (Lipinski definition) is 6. The molecule has 8 atom stereocenters. The van der Waals surface area contributed by atoms with E-state index in [1.807, 2.05) is 0 Å². The van der Waals surface area contributed by atoms with Crippen LogP contribution in [0.2, 0.25) is 0 Å². The number of aliphatic hydroxyl groups is 2. The van der Waals surface area contributed by atoms with Crippen molar-refractivity contribution in [1.82, 2.24) is 10.6 Å². The largest absolute Gasteiger partial charge is 0.470 e. The molecule has 0 aromatic rings. The number of esters is 4. The Hall–Kier alpha value is -3.23. The molecule has 0 saturated carbocycles. The van der Waals surface area contributed by atoms with Crippen LogP contribution >= 0.6 is 7.82 Å². The maximum atomic E-state index is 14.9. The van der Waals surface area contributed by atoms with Crippen LogP contribution in [-0.2, 0) is 66.3 Å². The third kappa shape index (κ3) is 65.2. The lowest BCUT2D eigenvalue weighted by Crippen LogP contribution is -2.75. The molecule has 0 spiro atoms. The van der Waals surface area contributed by atoms with Gasteiger partial charge in [-0.15, -0.1) is 0 Å². The Balaban J connectivity index is 3.66. The summed E-state index contributed by atoms with van der Waals surface area (Å²) in [6, 6.07) is 0. The van der Waals surface area contributed by atoms with Crippen molar-refractivity contribution in [2.45, 2.75) is 546 Å². The second-order valence-corrected chi connectivity index (χ2v) is 35.3. The fourth-order valence-electron chi connectivity index (χ4n) is 15.8. The minimum atomic E-state index is -5.59. The highest BCUT2D eigenvalue weighted by molar-refractivity contribution is 7.46. The zero-order valence-corrected chi connectivity index (χ0v) is 75.7. The van der Waals surface area contributed by atoms with Crippen molar-refractivity contribution in [3.05, 3.63) is 0 Å². The molecule has 1 rings (SSSR count). The smallest absolute Gasteiger partial charge is 0.462 e. The molecule has 6 N–H and O–H groups in total. The first-order valence-electron chi connectivity index (χ1n) is 48.6. The zero-order valence-electron chi connectivity index (χ0n) is 74.8. The quantitative estimate of drug-likeness (QED) is 0.0108. The number of carbonyl (C=O) groups is 6. The summed E-state index contributed by atoms with van der Waals surface area (Å²) in [6.07, 6.45) is 56.4. The summed E-state index contributed by atoms with van der Waals surface area (Å²) in [5, 5.41) is 29.9. The number of amides is 2. The number of phosphoric acid groups is 1. The van der Waals surface area contributed by atoms with Crippen LogP contribution in [0.25, 0.3) is 0 Å². The van der Waals surface area contributed by atoms with Crippen LogP contribution < -0.4 is 10.6 Å². The van der Waals surface area contributed by atoms with E-state index in [1.165, 1.54) is 180 Å². The van der Waals surface area contributed by atoms with E-state index >= 15 is 0 Å². The molecule has 1 heterocycles. The zero-order chi connectivity index (χ0) is 84.2. The highest BCUT2D eigenvalue weighted by Crippen LogP contribution is 2.44. The van der Waals surface area contributed by atoms with E-state index in [0.29, 0.717) is 57.8 Å². The first-order chi connectivity index (χ1) is 55.9. The molecule has 0 aromatic heterocycles. The second-order valence-electron chi connectivity index (χ2n) is 34.1. The number of unbranched alkanes of at least 4 members (excludes halogenated alkanes) is 55.